The van der Waals surface area contributed by atoms with Crippen molar-refractivity contribution in [1.29, 1.82) is 0 Å². The Bertz CT molecular complexity index is 885. The second-order valence-electron chi connectivity index (χ2n) is 10.2. The van der Waals surface area contributed by atoms with Crippen molar-refractivity contribution >= 4 is 45.0 Å². The summed E-state index contributed by atoms with van der Waals surface area (Å²) in [4.78, 5) is 0. The van der Waals surface area contributed by atoms with Crippen LogP contribution < -0.4 is 15.9 Å². The van der Waals surface area contributed by atoms with Gasteiger partial charge < -0.3 is 0 Å². The first-order valence-corrected chi connectivity index (χ1v) is 19.0. The summed E-state index contributed by atoms with van der Waals surface area (Å²) < 4.78 is 6.50. The standard InChI is InChI=1S/C28H38BrOPSi/c1-28(2,3)32(4,5)30-23-15-16-24-31(29,25-17-9-6-10-18-25,26-19-11-7-12-20-26)27-21-13-8-14-22-27/h6-14,17-22H,15-16,23-24H2,1-5H3. The molecular weight excluding hydrogens is 491 g/mol. The topological polar surface area (TPSA) is 9.23 Å². The van der Waals surface area contributed by atoms with Crippen LogP contribution in [0.15, 0.2) is 91.0 Å². The number of hydrogen-bond donors (Lipinski definition) is 0. The van der Waals surface area contributed by atoms with Crippen molar-refractivity contribution in [3.8, 4) is 0 Å². The van der Waals surface area contributed by atoms with Gasteiger partial charge in [0.25, 0.3) is 0 Å². The molecular formula is C28H38BrOPSi. The van der Waals surface area contributed by atoms with E-state index in [4.69, 9.17) is 4.43 Å². The molecule has 0 aliphatic rings. The Morgan fingerprint density at radius 2 is 1.06 bits per heavy atom. The molecule has 172 valence electrons. The van der Waals surface area contributed by atoms with E-state index in [1.54, 1.807) is 0 Å². The van der Waals surface area contributed by atoms with Gasteiger partial charge in [0.1, 0.15) is 0 Å². The van der Waals surface area contributed by atoms with E-state index in [0.717, 1.165) is 25.6 Å². The summed E-state index contributed by atoms with van der Waals surface area (Å²) in [6.45, 7) is 12.5. The molecule has 0 bridgehead atoms. The molecule has 0 saturated carbocycles. The molecule has 0 fully saturated rings. The molecule has 32 heavy (non-hydrogen) atoms. The zero-order chi connectivity index (χ0) is 23.3. The van der Waals surface area contributed by atoms with Crippen molar-refractivity contribution < 1.29 is 4.43 Å². The molecule has 0 spiro atoms. The first-order valence-electron chi connectivity index (χ1n) is 11.6. The number of rotatable bonds is 9. The maximum atomic E-state index is 6.50. The second kappa shape index (κ2) is 9.93. The van der Waals surface area contributed by atoms with Gasteiger partial charge in [-0.3, -0.25) is 0 Å². The summed E-state index contributed by atoms with van der Waals surface area (Å²) in [5, 5.41) is 1.62. The Labute approximate surface area is 204 Å². The normalized spacial score (nSPS) is 14.0. The SMILES string of the molecule is CC(C)(C)[Si](C)(C)OCCCCP(Br)(c1ccccc1)(c1ccccc1)c1ccccc1. The minimum atomic E-state index is -2.80. The summed E-state index contributed by atoms with van der Waals surface area (Å²) in [5.41, 5.74) is 0. The molecule has 0 unspecified atom stereocenters. The third-order valence-electron chi connectivity index (χ3n) is 7.13. The Kier molecular flexibility index (Phi) is 7.88. The van der Waals surface area contributed by atoms with Crippen LogP contribution in [0.5, 0.6) is 0 Å². The number of benzene rings is 3. The van der Waals surface area contributed by atoms with Gasteiger partial charge in [0.05, 0.1) is 0 Å². The van der Waals surface area contributed by atoms with Crippen molar-refractivity contribution in [2.75, 3.05) is 12.8 Å². The Morgan fingerprint density at radius 3 is 1.41 bits per heavy atom. The fourth-order valence-corrected chi connectivity index (χ4v) is 12.9. The molecule has 3 rings (SSSR count). The Morgan fingerprint density at radius 1 is 0.688 bits per heavy atom. The summed E-state index contributed by atoms with van der Waals surface area (Å²) in [6.07, 6.45) is 3.25. The van der Waals surface area contributed by atoms with E-state index >= 15 is 0 Å². The summed E-state index contributed by atoms with van der Waals surface area (Å²) in [6, 6.07) is 33.2. The van der Waals surface area contributed by atoms with Crippen LogP contribution in [0.2, 0.25) is 18.1 Å². The van der Waals surface area contributed by atoms with Gasteiger partial charge in [-0.1, -0.05) is 0 Å². The molecule has 0 atom stereocenters. The monoisotopic (exact) mass is 528 g/mol. The number of hydrogen-bond acceptors (Lipinski definition) is 1. The van der Waals surface area contributed by atoms with Gasteiger partial charge in [0, 0.05) is 0 Å². The molecule has 0 aliphatic carbocycles. The average molecular weight is 530 g/mol. The van der Waals surface area contributed by atoms with Crippen molar-refractivity contribution in [2.45, 2.75) is 51.7 Å². The van der Waals surface area contributed by atoms with Gasteiger partial charge >= 0.3 is 205 Å². The van der Waals surface area contributed by atoms with Gasteiger partial charge in [0.2, 0.25) is 0 Å². The van der Waals surface area contributed by atoms with Crippen LogP contribution in [0.4, 0.5) is 0 Å². The first kappa shape index (κ1) is 25.4. The molecule has 0 amide bonds. The van der Waals surface area contributed by atoms with E-state index in [1.165, 1.54) is 15.9 Å². The van der Waals surface area contributed by atoms with Crippen molar-refractivity contribution in [1.82, 2.24) is 0 Å². The molecule has 3 aromatic carbocycles. The minimum absolute atomic E-state index is 0.250. The molecule has 3 aromatic rings. The Hall–Kier alpha value is -1.25. The molecule has 0 aliphatic heterocycles. The van der Waals surface area contributed by atoms with E-state index in [0.29, 0.717) is 0 Å². The van der Waals surface area contributed by atoms with Crippen LogP contribution in [-0.4, -0.2) is 21.1 Å². The summed E-state index contributed by atoms with van der Waals surface area (Å²) in [7, 11) is -1.71. The number of unbranched alkanes of at least 4 members (excludes halogenated alkanes) is 1. The van der Waals surface area contributed by atoms with E-state index in [1.807, 2.05) is 0 Å². The van der Waals surface area contributed by atoms with Crippen LogP contribution >= 0.6 is 20.8 Å². The van der Waals surface area contributed by atoms with Crippen LogP contribution in [-0.2, 0) is 4.43 Å². The van der Waals surface area contributed by atoms with Gasteiger partial charge in [-0.15, -0.1) is 0 Å². The van der Waals surface area contributed by atoms with Crippen LogP contribution in [0.3, 0.4) is 0 Å². The maximum absolute atomic E-state index is 6.50. The van der Waals surface area contributed by atoms with Gasteiger partial charge in [-0.2, -0.15) is 0 Å². The number of halogens is 1. The van der Waals surface area contributed by atoms with Gasteiger partial charge in [0.15, 0.2) is 0 Å². The van der Waals surface area contributed by atoms with Crippen LogP contribution in [0, 0.1) is 0 Å². The van der Waals surface area contributed by atoms with Gasteiger partial charge in [-0.05, 0) is 0 Å². The van der Waals surface area contributed by atoms with Crippen LogP contribution in [0.25, 0.3) is 0 Å². The molecule has 4 heteroatoms. The van der Waals surface area contributed by atoms with E-state index < -0.39 is 13.6 Å². The molecule has 0 heterocycles. The van der Waals surface area contributed by atoms with Gasteiger partial charge in [-0.25, -0.2) is 0 Å². The molecule has 0 aromatic heterocycles. The predicted octanol–water partition coefficient (Wildman–Crippen LogP) is 7.63. The third kappa shape index (κ3) is 4.97. The molecule has 0 N–H and O–H groups in total. The first-order chi connectivity index (χ1) is 15.1. The third-order valence-corrected chi connectivity index (χ3v) is 21.7. The average Bonchev–Trinajstić information content (AvgIpc) is 2.80. The fourth-order valence-electron chi connectivity index (χ4n) is 4.11. The van der Waals surface area contributed by atoms with E-state index in [9.17, 15) is 0 Å². The predicted molar refractivity (Wildman–Crippen MR) is 151 cm³/mol. The van der Waals surface area contributed by atoms with E-state index in [-0.39, 0.29) is 5.04 Å². The van der Waals surface area contributed by atoms with Crippen LogP contribution in [0.1, 0.15) is 33.6 Å². The zero-order valence-corrected chi connectivity index (χ0v) is 23.7. The molecule has 1 nitrogen and oxygen atoms in total. The quantitative estimate of drug-likeness (QED) is 0.157. The zero-order valence-electron chi connectivity index (χ0n) is 20.2. The van der Waals surface area contributed by atoms with E-state index in [2.05, 4.69) is 140 Å². The fraction of sp³-hybridized carbons (Fsp3) is 0.357. The van der Waals surface area contributed by atoms with Crippen molar-refractivity contribution in [2.24, 2.45) is 0 Å². The van der Waals surface area contributed by atoms with Crippen molar-refractivity contribution in [3.63, 3.8) is 0 Å². The summed E-state index contributed by atoms with van der Waals surface area (Å²) >= 11 is 4.54. The summed E-state index contributed by atoms with van der Waals surface area (Å²) in [5.74, 6) is 0. The van der Waals surface area contributed by atoms with Crippen molar-refractivity contribution in [3.05, 3.63) is 91.0 Å². The molecule has 0 saturated heterocycles. The molecule has 0 radical (unpaired) electrons. The Balaban J connectivity index is 1.97. The second-order valence-corrected chi connectivity index (χ2v) is 24.1.